The van der Waals surface area contributed by atoms with E-state index in [1.54, 1.807) is 19.2 Å². The Morgan fingerprint density at radius 3 is 2.94 bits per heavy atom. The van der Waals surface area contributed by atoms with Gasteiger partial charge in [-0.2, -0.15) is 4.98 Å². The van der Waals surface area contributed by atoms with Crippen LogP contribution < -0.4 is 5.32 Å². The van der Waals surface area contributed by atoms with Gasteiger partial charge in [-0.05, 0) is 31.7 Å². The quantitative estimate of drug-likeness (QED) is 0.860. The van der Waals surface area contributed by atoms with Crippen molar-refractivity contribution >= 4 is 0 Å². The van der Waals surface area contributed by atoms with Crippen LogP contribution in [0.15, 0.2) is 22.7 Å². The third-order valence-corrected chi connectivity index (χ3v) is 2.16. The fourth-order valence-electron chi connectivity index (χ4n) is 1.39. The lowest BCUT2D eigenvalue weighted by Crippen LogP contribution is -2.06. The van der Waals surface area contributed by atoms with Crippen molar-refractivity contribution in [3.05, 3.63) is 35.4 Å². The molecule has 0 aliphatic rings. The van der Waals surface area contributed by atoms with E-state index in [0.29, 0.717) is 17.9 Å². The highest BCUT2D eigenvalue weighted by atomic mass is 19.1. The Morgan fingerprint density at radius 1 is 1.44 bits per heavy atom. The van der Waals surface area contributed by atoms with Crippen molar-refractivity contribution in [3.63, 3.8) is 0 Å². The van der Waals surface area contributed by atoms with Crippen LogP contribution in [0.2, 0.25) is 0 Å². The zero-order chi connectivity index (χ0) is 11.5. The normalized spacial score (nSPS) is 10.7. The highest BCUT2D eigenvalue weighted by Gasteiger charge is 2.12. The van der Waals surface area contributed by atoms with E-state index >= 15 is 0 Å². The Hall–Kier alpha value is -1.75. The van der Waals surface area contributed by atoms with Crippen molar-refractivity contribution in [3.8, 4) is 11.5 Å². The lowest BCUT2D eigenvalue weighted by Gasteiger charge is -1.97. The number of rotatable bonds is 3. The predicted octanol–water partition coefficient (Wildman–Crippen LogP) is 1.90. The number of aromatic nitrogens is 2. The second-order valence-corrected chi connectivity index (χ2v) is 3.53. The molecular formula is C11H12FN3O. The molecule has 0 unspecified atom stereocenters. The van der Waals surface area contributed by atoms with Crippen LogP contribution in [0.4, 0.5) is 4.39 Å². The van der Waals surface area contributed by atoms with Crippen LogP contribution in [0.3, 0.4) is 0 Å². The third kappa shape index (κ3) is 2.09. The van der Waals surface area contributed by atoms with E-state index in [-0.39, 0.29) is 11.7 Å². The van der Waals surface area contributed by atoms with E-state index in [4.69, 9.17) is 4.52 Å². The first-order valence-corrected chi connectivity index (χ1v) is 4.94. The van der Waals surface area contributed by atoms with Gasteiger partial charge in [0.15, 0.2) is 5.82 Å². The zero-order valence-corrected chi connectivity index (χ0v) is 9.12. The number of hydrogen-bond acceptors (Lipinski definition) is 4. The number of nitrogens with zero attached hydrogens (tertiary/aromatic N) is 2. The molecule has 1 aromatic carbocycles. The Labute approximate surface area is 92.5 Å². The molecule has 2 rings (SSSR count). The SMILES string of the molecule is CNCc1noc(-c2ccc(C)cc2F)n1. The Bertz CT molecular complexity index is 496. The van der Waals surface area contributed by atoms with Gasteiger partial charge in [0, 0.05) is 0 Å². The number of aryl methyl sites for hydroxylation is 1. The van der Waals surface area contributed by atoms with Crippen molar-refractivity contribution in [2.75, 3.05) is 7.05 Å². The summed E-state index contributed by atoms with van der Waals surface area (Å²) in [5.74, 6) is 0.375. The van der Waals surface area contributed by atoms with Gasteiger partial charge in [-0.15, -0.1) is 0 Å². The average molecular weight is 221 g/mol. The summed E-state index contributed by atoms with van der Waals surface area (Å²) in [6.45, 7) is 2.32. The summed E-state index contributed by atoms with van der Waals surface area (Å²) < 4.78 is 18.6. The second kappa shape index (κ2) is 4.40. The number of halogens is 1. The summed E-state index contributed by atoms with van der Waals surface area (Å²) in [4.78, 5) is 4.08. The van der Waals surface area contributed by atoms with Crippen LogP contribution in [0.5, 0.6) is 0 Å². The number of benzene rings is 1. The lowest BCUT2D eigenvalue weighted by atomic mass is 10.1. The van der Waals surface area contributed by atoms with E-state index in [0.717, 1.165) is 5.56 Å². The van der Waals surface area contributed by atoms with Gasteiger partial charge in [0.05, 0.1) is 12.1 Å². The molecule has 5 heteroatoms. The molecule has 1 aromatic heterocycles. The summed E-state index contributed by atoms with van der Waals surface area (Å²) in [6.07, 6.45) is 0. The first-order valence-electron chi connectivity index (χ1n) is 4.94. The Morgan fingerprint density at radius 2 is 2.25 bits per heavy atom. The fourth-order valence-corrected chi connectivity index (χ4v) is 1.39. The molecule has 0 radical (unpaired) electrons. The molecule has 0 atom stereocenters. The minimum atomic E-state index is -0.348. The Balaban J connectivity index is 2.35. The maximum Gasteiger partial charge on any atom is 0.260 e. The molecular weight excluding hydrogens is 209 g/mol. The summed E-state index contributed by atoms with van der Waals surface area (Å²) in [5.41, 5.74) is 1.19. The van der Waals surface area contributed by atoms with Gasteiger partial charge in [0.2, 0.25) is 0 Å². The summed E-state index contributed by atoms with van der Waals surface area (Å²) in [7, 11) is 1.78. The van der Waals surface area contributed by atoms with Crippen LogP contribution in [-0.4, -0.2) is 17.2 Å². The van der Waals surface area contributed by atoms with Gasteiger partial charge < -0.3 is 9.84 Å². The molecule has 0 saturated heterocycles. The van der Waals surface area contributed by atoms with Gasteiger partial charge >= 0.3 is 0 Å². The zero-order valence-electron chi connectivity index (χ0n) is 9.12. The standard InChI is InChI=1S/C11H12FN3O/c1-7-3-4-8(9(12)5-7)11-14-10(6-13-2)15-16-11/h3-5,13H,6H2,1-2H3. The molecule has 0 aliphatic carbocycles. The van der Waals surface area contributed by atoms with Gasteiger partial charge in [0.1, 0.15) is 5.82 Å². The van der Waals surface area contributed by atoms with E-state index in [9.17, 15) is 4.39 Å². The first-order chi connectivity index (χ1) is 7.70. The van der Waals surface area contributed by atoms with Crippen LogP contribution in [-0.2, 0) is 6.54 Å². The van der Waals surface area contributed by atoms with Crippen molar-refractivity contribution in [1.82, 2.24) is 15.5 Å². The first kappa shape index (κ1) is 10.8. The van der Waals surface area contributed by atoms with Crippen LogP contribution in [0, 0.1) is 12.7 Å². The molecule has 0 amide bonds. The van der Waals surface area contributed by atoms with E-state index < -0.39 is 0 Å². The Kier molecular flexibility index (Phi) is 2.96. The summed E-state index contributed by atoms with van der Waals surface area (Å²) in [5, 5.41) is 6.62. The summed E-state index contributed by atoms with van der Waals surface area (Å²) >= 11 is 0. The van der Waals surface area contributed by atoms with E-state index in [1.807, 2.05) is 6.92 Å². The van der Waals surface area contributed by atoms with Crippen molar-refractivity contribution in [2.24, 2.45) is 0 Å². The molecule has 2 aromatic rings. The molecule has 0 fully saturated rings. The van der Waals surface area contributed by atoms with Gasteiger partial charge in [-0.25, -0.2) is 4.39 Å². The van der Waals surface area contributed by atoms with E-state index in [1.165, 1.54) is 6.07 Å². The molecule has 1 heterocycles. The molecule has 1 N–H and O–H groups in total. The average Bonchev–Trinajstić information content (AvgIpc) is 2.67. The molecule has 0 bridgehead atoms. The fraction of sp³-hybridized carbons (Fsp3) is 0.273. The number of hydrogen-bond donors (Lipinski definition) is 1. The minimum Gasteiger partial charge on any atom is -0.334 e. The topological polar surface area (TPSA) is 51.0 Å². The lowest BCUT2D eigenvalue weighted by molar-refractivity contribution is 0.418. The molecule has 0 saturated carbocycles. The molecule has 16 heavy (non-hydrogen) atoms. The maximum atomic E-state index is 13.6. The smallest absolute Gasteiger partial charge is 0.260 e. The predicted molar refractivity (Wildman–Crippen MR) is 57.2 cm³/mol. The van der Waals surface area contributed by atoms with Gasteiger partial charge in [-0.1, -0.05) is 11.2 Å². The van der Waals surface area contributed by atoms with Crippen LogP contribution in [0.25, 0.3) is 11.5 Å². The molecule has 0 spiro atoms. The molecule has 84 valence electrons. The highest BCUT2D eigenvalue weighted by Crippen LogP contribution is 2.21. The molecule has 4 nitrogen and oxygen atoms in total. The van der Waals surface area contributed by atoms with Crippen molar-refractivity contribution in [1.29, 1.82) is 0 Å². The van der Waals surface area contributed by atoms with Gasteiger partial charge in [0.25, 0.3) is 5.89 Å². The monoisotopic (exact) mass is 221 g/mol. The third-order valence-electron chi connectivity index (χ3n) is 2.16. The second-order valence-electron chi connectivity index (χ2n) is 3.53. The molecule has 0 aliphatic heterocycles. The van der Waals surface area contributed by atoms with Gasteiger partial charge in [-0.3, -0.25) is 0 Å². The largest absolute Gasteiger partial charge is 0.334 e. The number of nitrogens with one attached hydrogen (secondary N) is 1. The minimum absolute atomic E-state index is 0.211. The van der Waals surface area contributed by atoms with Crippen molar-refractivity contribution in [2.45, 2.75) is 13.5 Å². The maximum absolute atomic E-state index is 13.6. The van der Waals surface area contributed by atoms with Crippen LogP contribution >= 0.6 is 0 Å². The van der Waals surface area contributed by atoms with E-state index in [2.05, 4.69) is 15.5 Å². The van der Waals surface area contributed by atoms with Crippen molar-refractivity contribution < 1.29 is 8.91 Å². The highest BCUT2D eigenvalue weighted by molar-refractivity contribution is 5.54. The summed E-state index contributed by atoms with van der Waals surface area (Å²) in [6, 6.07) is 4.89. The van der Waals surface area contributed by atoms with Crippen LogP contribution in [0.1, 0.15) is 11.4 Å².